The Morgan fingerprint density at radius 3 is 2.57 bits per heavy atom. The second-order valence-electron chi connectivity index (χ2n) is 10.3. The Hall–Kier alpha value is -3.31. The van der Waals surface area contributed by atoms with E-state index in [9.17, 15) is 4.79 Å². The Morgan fingerprint density at radius 1 is 0.946 bits per heavy atom. The lowest BCUT2D eigenvalue weighted by Crippen LogP contribution is -2.45. The highest BCUT2D eigenvalue weighted by Gasteiger charge is 2.21. The number of aryl methyl sites for hydroxylation is 1. The van der Waals surface area contributed by atoms with Crippen molar-refractivity contribution >= 4 is 5.91 Å². The number of ether oxygens (including phenoxy) is 2. The monoisotopic (exact) mass is 498 g/mol. The van der Waals surface area contributed by atoms with Crippen LogP contribution in [0.25, 0.3) is 11.1 Å². The van der Waals surface area contributed by atoms with E-state index in [0.29, 0.717) is 6.42 Å². The predicted molar refractivity (Wildman–Crippen MR) is 148 cm³/mol. The molecule has 0 aromatic heterocycles. The Labute approximate surface area is 220 Å². The van der Waals surface area contributed by atoms with E-state index in [1.807, 2.05) is 30.3 Å². The Morgan fingerprint density at radius 2 is 1.76 bits per heavy atom. The van der Waals surface area contributed by atoms with Gasteiger partial charge in [-0.25, -0.2) is 0 Å². The highest BCUT2D eigenvalue weighted by Crippen LogP contribution is 2.27. The minimum absolute atomic E-state index is 0.0735. The molecule has 2 aliphatic heterocycles. The van der Waals surface area contributed by atoms with Gasteiger partial charge < -0.3 is 19.7 Å². The number of rotatable bonds is 9. The van der Waals surface area contributed by atoms with Gasteiger partial charge >= 0.3 is 0 Å². The van der Waals surface area contributed by atoms with Crippen LogP contribution in [0.2, 0.25) is 0 Å². The molecular formula is C32H38N2O3. The van der Waals surface area contributed by atoms with Gasteiger partial charge in [0, 0.05) is 12.6 Å². The van der Waals surface area contributed by atoms with Gasteiger partial charge in [0.25, 0.3) is 0 Å². The molecule has 0 saturated carbocycles. The maximum atomic E-state index is 13.1. The van der Waals surface area contributed by atoms with Crippen LogP contribution in [0.15, 0.2) is 66.7 Å². The zero-order valence-corrected chi connectivity index (χ0v) is 21.9. The summed E-state index contributed by atoms with van der Waals surface area (Å²) in [6.07, 6.45) is 7.05. The quantitative estimate of drug-likeness (QED) is 0.427. The van der Waals surface area contributed by atoms with Crippen LogP contribution >= 0.6 is 0 Å². The zero-order chi connectivity index (χ0) is 25.5. The van der Waals surface area contributed by atoms with Crippen molar-refractivity contribution in [1.29, 1.82) is 0 Å². The van der Waals surface area contributed by atoms with Crippen LogP contribution in [-0.2, 0) is 24.1 Å². The molecule has 37 heavy (non-hydrogen) atoms. The summed E-state index contributed by atoms with van der Waals surface area (Å²) < 4.78 is 11.4. The van der Waals surface area contributed by atoms with Crippen molar-refractivity contribution < 1.29 is 14.3 Å². The molecule has 0 spiro atoms. The first kappa shape index (κ1) is 25.3. The molecular weight excluding hydrogens is 460 g/mol. The lowest BCUT2D eigenvalue weighted by atomic mass is 10.00. The van der Waals surface area contributed by atoms with Crippen molar-refractivity contribution in [2.24, 2.45) is 0 Å². The number of hydrogen-bond acceptors (Lipinski definition) is 4. The number of amides is 1. The van der Waals surface area contributed by atoms with Gasteiger partial charge in [0.05, 0.1) is 20.1 Å². The molecule has 1 N–H and O–H groups in total. The van der Waals surface area contributed by atoms with E-state index in [1.165, 1.54) is 30.4 Å². The fourth-order valence-electron chi connectivity index (χ4n) is 5.47. The first-order chi connectivity index (χ1) is 18.2. The summed E-state index contributed by atoms with van der Waals surface area (Å²) in [7, 11) is 1.68. The first-order valence-electron chi connectivity index (χ1n) is 13.7. The molecule has 1 amide bonds. The molecule has 1 saturated heterocycles. The number of methoxy groups -OCH3 is 1. The van der Waals surface area contributed by atoms with Gasteiger partial charge in [-0.3, -0.25) is 4.79 Å². The summed E-state index contributed by atoms with van der Waals surface area (Å²) in [6.45, 7) is 3.91. The topological polar surface area (TPSA) is 50.8 Å². The molecule has 194 valence electrons. The average molecular weight is 499 g/mol. The number of nitrogens with one attached hydrogen (secondary N) is 1. The summed E-state index contributed by atoms with van der Waals surface area (Å²) in [5, 5.41) is 3.36. The third kappa shape index (κ3) is 6.92. The van der Waals surface area contributed by atoms with Crippen LogP contribution in [0, 0.1) is 0 Å². The Kier molecular flexibility index (Phi) is 8.42. The number of hydrogen-bond donors (Lipinski definition) is 1. The van der Waals surface area contributed by atoms with Crippen LogP contribution in [0.4, 0.5) is 0 Å². The van der Waals surface area contributed by atoms with Crippen LogP contribution in [0.1, 0.15) is 42.4 Å². The lowest BCUT2D eigenvalue weighted by Gasteiger charge is -2.25. The second kappa shape index (κ2) is 12.3. The number of benzene rings is 3. The molecule has 2 heterocycles. The van der Waals surface area contributed by atoms with Crippen molar-refractivity contribution in [2.75, 3.05) is 33.4 Å². The van der Waals surface area contributed by atoms with Gasteiger partial charge in [0.15, 0.2) is 0 Å². The third-order valence-electron chi connectivity index (χ3n) is 7.48. The Bertz CT molecular complexity index is 1180. The van der Waals surface area contributed by atoms with Gasteiger partial charge in [0.2, 0.25) is 5.91 Å². The molecule has 0 radical (unpaired) electrons. The molecule has 0 unspecified atom stereocenters. The second-order valence-corrected chi connectivity index (χ2v) is 10.3. The molecule has 1 fully saturated rings. The molecule has 5 rings (SSSR count). The van der Waals surface area contributed by atoms with E-state index in [1.54, 1.807) is 7.11 Å². The molecule has 0 bridgehead atoms. The molecule has 3 aromatic carbocycles. The predicted octanol–water partition coefficient (Wildman–Crippen LogP) is 5.44. The molecule has 1 atom stereocenters. The van der Waals surface area contributed by atoms with Crippen molar-refractivity contribution in [3.05, 3.63) is 83.4 Å². The van der Waals surface area contributed by atoms with E-state index in [4.69, 9.17) is 9.47 Å². The van der Waals surface area contributed by atoms with Gasteiger partial charge in [-0.1, -0.05) is 48.5 Å². The summed E-state index contributed by atoms with van der Waals surface area (Å²) in [5.74, 6) is 1.94. The number of carbonyl (C=O) groups excluding carboxylic acids is 1. The van der Waals surface area contributed by atoms with Crippen LogP contribution in [0.3, 0.4) is 0 Å². The molecule has 2 aliphatic rings. The fraction of sp³-hybridized carbons (Fsp3) is 0.406. The number of carbonyl (C=O) groups is 1. The summed E-state index contributed by atoms with van der Waals surface area (Å²) in [5.41, 5.74) is 5.76. The van der Waals surface area contributed by atoms with Gasteiger partial charge in [-0.2, -0.15) is 0 Å². The largest absolute Gasteiger partial charge is 0.497 e. The van der Waals surface area contributed by atoms with Crippen LogP contribution in [0.5, 0.6) is 11.5 Å². The van der Waals surface area contributed by atoms with Crippen molar-refractivity contribution in [3.8, 4) is 22.6 Å². The number of fused-ring (bicyclic) bond motifs is 1. The average Bonchev–Trinajstić information content (AvgIpc) is 3.31. The minimum atomic E-state index is 0.0735. The van der Waals surface area contributed by atoms with Crippen LogP contribution in [-0.4, -0.2) is 50.2 Å². The van der Waals surface area contributed by atoms with E-state index < -0.39 is 0 Å². The summed E-state index contributed by atoms with van der Waals surface area (Å²) in [6, 6.07) is 23.0. The number of likely N-dealkylation sites (tertiary alicyclic amines) is 1. The van der Waals surface area contributed by atoms with E-state index in [2.05, 4.69) is 46.6 Å². The van der Waals surface area contributed by atoms with Crippen molar-refractivity contribution in [3.63, 3.8) is 0 Å². The minimum Gasteiger partial charge on any atom is -0.497 e. The maximum absolute atomic E-state index is 13.1. The zero-order valence-electron chi connectivity index (χ0n) is 21.9. The molecule has 5 nitrogen and oxygen atoms in total. The Balaban J connectivity index is 1.24. The molecule has 3 aromatic rings. The van der Waals surface area contributed by atoms with E-state index in [-0.39, 0.29) is 11.9 Å². The van der Waals surface area contributed by atoms with Crippen molar-refractivity contribution in [2.45, 2.75) is 51.0 Å². The smallest absolute Gasteiger partial charge is 0.224 e. The van der Waals surface area contributed by atoms with Crippen LogP contribution < -0.4 is 14.8 Å². The first-order valence-corrected chi connectivity index (χ1v) is 13.7. The van der Waals surface area contributed by atoms with Crippen molar-refractivity contribution in [1.82, 2.24) is 10.2 Å². The summed E-state index contributed by atoms with van der Waals surface area (Å²) in [4.78, 5) is 15.6. The molecule has 5 heteroatoms. The van der Waals surface area contributed by atoms with E-state index >= 15 is 0 Å². The number of nitrogens with zero attached hydrogens (tertiary/aromatic N) is 1. The molecule has 0 aliphatic carbocycles. The SMILES string of the molecule is COc1cccc(-c2ccc(CC(=O)N[C@@H](Cc3ccc4c(c3)OCCCC4)CN3CCCC3)cc2)c1. The van der Waals surface area contributed by atoms with E-state index in [0.717, 1.165) is 73.7 Å². The lowest BCUT2D eigenvalue weighted by molar-refractivity contribution is -0.121. The summed E-state index contributed by atoms with van der Waals surface area (Å²) >= 11 is 0. The highest BCUT2D eigenvalue weighted by molar-refractivity contribution is 5.79. The highest BCUT2D eigenvalue weighted by atomic mass is 16.5. The van der Waals surface area contributed by atoms with Gasteiger partial charge in [-0.05, 0) is 97.6 Å². The maximum Gasteiger partial charge on any atom is 0.224 e. The normalized spacial score (nSPS) is 16.4. The standard InChI is InChI=1S/C32H38N2O3/c1-36-30-9-6-8-28(22-30)26-13-10-24(11-14-26)21-32(35)33-29(23-34-16-3-4-17-34)19-25-12-15-27-7-2-5-18-37-31(27)20-25/h6,8-15,20,22,29H,2-5,7,16-19,21,23H2,1H3,(H,33,35)/t29-/m0/s1. The fourth-order valence-corrected chi connectivity index (χ4v) is 5.47. The van der Waals surface area contributed by atoms with Gasteiger partial charge in [-0.15, -0.1) is 0 Å². The third-order valence-corrected chi connectivity index (χ3v) is 7.48. The van der Waals surface area contributed by atoms with Gasteiger partial charge in [0.1, 0.15) is 11.5 Å².